The molecule has 0 spiro atoms. The van der Waals surface area contributed by atoms with Crippen molar-refractivity contribution in [2.45, 2.75) is 45.6 Å². The first-order chi connectivity index (χ1) is 12.8. The molecule has 1 aliphatic carbocycles. The van der Waals surface area contributed by atoms with Crippen molar-refractivity contribution in [2.75, 3.05) is 12.8 Å². The Hall–Kier alpha value is -2.52. The number of rotatable bonds is 3. The maximum Gasteiger partial charge on any atom is 0.143 e. The molecule has 3 aromatic rings. The molecule has 2 N–H and O–H groups in total. The fourth-order valence-electron chi connectivity index (χ4n) is 4.15. The molecular formula is C24H27NO2. The minimum absolute atomic E-state index is 0.460. The van der Waals surface area contributed by atoms with Crippen LogP contribution in [0.3, 0.4) is 0 Å². The van der Waals surface area contributed by atoms with Gasteiger partial charge < -0.3 is 14.9 Å². The molecule has 0 saturated carbocycles. The molecule has 1 aromatic heterocycles. The van der Waals surface area contributed by atoms with Crippen LogP contribution in [0.25, 0.3) is 28.2 Å². The van der Waals surface area contributed by atoms with Gasteiger partial charge in [-0.3, -0.25) is 0 Å². The van der Waals surface area contributed by atoms with Gasteiger partial charge in [0.15, 0.2) is 0 Å². The Labute approximate surface area is 160 Å². The summed E-state index contributed by atoms with van der Waals surface area (Å²) in [6.45, 7) is 8.53. The van der Waals surface area contributed by atoms with Crippen molar-refractivity contribution in [3.63, 3.8) is 0 Å². The maximum atomic E-state index is 6.40. The molecular weight excluding hydrogens is 334 g/mol. The predicted molar refractivity (Wildman–Crippen MR) is 113 cm³/mol. The van der Waals surface area contributed by atoms with Crippen LogP contribution in [-0.2, 0) is 10.3 Å². The summed E-state index contributed by atoms with van der Waals surface area (Å²) in [6.07, 6.45) is 5.36. The number of methoxy groups -OCH3 is 1. The van der Waals surface area contributed by atoms with E-state index >= 15 is 0 Å². The minimum Gasteiger partial charge on any atom is -0.456 e. The zero-order valence-corrected chi connectivity index (χ0v) is 16.7. The number of ether oxygens (including phenoxy) is 1. The van der Waals surface area contributed by atoms with Gasteiger partial charge in [-0.05, 0) is 68.0 Å². The third-order valence-electron chi connectivity index (χ3n) is 5.86. The molecule has 0 fully saturated rings. The fraction of sp³-hybridized carbons (Fsp3) is 0.333. The van der Waals surface area contributed by atoms with E-state index < -0.39 is 5.60 Å². The van der Waals surface area contributed by atoms with E-state index in [-0.39, 0.29) is 0 Å². The van der Waals surface area contributed by atoms with Gasteiger partial charge in [0, 0.05) is 29.3 Å². The van der Waals surface area contributed by atoms with Crippen LogP contribution in [0, 0.1) is 6.92 Å². The van der Waals surface area contributed by atoms with E-state index in [1.165, 1.54) is 16.5 Å². The van der Waals surface area contributed by atoms with Gasteiger partial charge in [0.25, 0.3) is 0 Å². The third-order valence-corrected chi connectivity index (χ3v) is 5.86. The number of fused-ring (bicyclic) bond motifs is 3. The van der Waals surface area contributed by atoms with Crippen LogP contribution in [0.4, 0.5) is 5.69 Å². The lowest BCUT2D eigenvalue weighted by Gasteiger charge is -2.27. The average Bonchev–Trinajstić information content (AvgIpc) is 3.02. The van der Waals surface area contributed by atoms with Crippen molar-refractivity contribution in [3.8, 4) is 11.1 Å². The summed E-state index contributed by atoms with van der Waals surface area (Å²) in [5.41, 5.74) is 13.2. The Morgan fingerprint density at radius 3 is 2.70 bits per heavy atom. The summed E-state index contributed by atoms with van der Waals surface area (Å²) in [6, 6.07) is 10.5. The largest absolute Gasteiger partial charge is 0.456 e. The summed E-state index contributed by atoms with van der Waals surface area (Å²) in [5, 5.41) is 1.21. The molecule has 2 aromatic carbocycles. The highest BCUT2D eigenvalue weighted by Crippen LogP contribution is 2.45. The van der Waals surface area contributed by atoms with Crippen LogP contribution in [-0.4, -0.2) is 7.11 Å². The zero-order valence-electron chi connectivity index (χ0n) is 16.7. The summed E-state index contributed by atoms with van der Waals surface area (Å²) >= 11 is 0. The number of nitrogens with two attached hydrogens (primary N) is 1. The molecule has 4 rings (SSSR count). The van der Waals surface area contributed by atoms with E-state index in [2.05, 4.69) is 58.0 Å². The van der Waals surface area contributed by atoms with Crippen molar-refractivity contribution in [2.24, 2.45) is 0 Å². The second kappa shape index (κ2) is 6.28. The average molecular weight is 361 g/mol. The van der Waals surface area contributed by atoms with Crippen LogP contribution in [0.15, 0.2) is 40.8 Å². The van der Waals surface area contributed by atoms with Crippen LogP contribution in [0.1, 0.15) is 55.6 Å². The molecule has 0 amide bonds. The molecule has 1 atom stereocenters. The summed E-state index contributed by atoms with van der Waals surface area (Å²) in [7, 11) is 1.73. The predicted octanol–water partition coefficient (Wildman–Crippen LogP) is 6.39. The standard InChI is InChI=1S/C24H27NO2/c1-14-7-6-8-20-21(14)18-11-9-15(2)22(23(18)27-20)17-12-10-16(25)13-19(17)24(3,4)26-5/h6,8-14H,7,25H2,1-5H3. The monoisotopic (exact) mass is 361 g/mol. The third kappa shape index (κ3) is 2.78. The van der Waals surface area contributed by atoms with E-state index in [1.54, 1.807) is 7.11 Å². The fourth-order valence-corrected chi connectivity index (χ4v) is 4.15. The highest BCUT2D eigenvalue weighted by atomic mass is 16.5. The summed E-state index contributed by atoms with van der Waals surface area (Å²) < 4.78 is 12.2. The van der Waals surface area contributed by atoms with Crippen molar-refractivity contribution in [1.29, 1.82) is 0 Å². The second-order valence-corrected chi connectivity index (χ2v) is 8.07. The molecule has 0 aliphatic heterocycles. The number of hydrogen-bond acceptors (Lipinski definition) is 3. The van der Waals surface area contributed by atoms with Crippen molar-refractivity contribution < 1.29 is 9.15 Å². The number of furan rings is 1. The molecule has 0 saturated heterocycles. The molecule has 140 valence electrons. The molecule has 1 unspecified atom stereocenters. The Balaban J connectivity index is 2.07. The number of anilines is 1. The van der Waals surface area contributed by atoms with Gasteiger partial charge in [-0.15, -0.1) is 0 Å². The minimum atomic E-state index is -0.460. The van der Waals surface area contributed by atoms with Crippen LogP contribution in [0.2, 0.25) is 0 Å². The normalized spacial score (nSPS) is 16.7. The SMILES string of the molecule is COC(C)(C)c1cc(N)ccc1-c1c(C)ccc2c3c(oc12)C=CCC3C. The number of aryl methyl sites for hydroxylation is 1. The quantitative estimate of drug-likeness (QED) is 0.550. The Morgan fingerprint density at radius 1 is 1.19 bits per heavy atom. The van der Waals surface area contributed by atoms with Gasteiger partial charge in [-0.2, -0.15) is 0 Å². The van der Waals surface area contributed by atoms with Gasteiger partial charge in [-0.1, -0.05) is 31.2 Å². The van der Waals surface area contributed by atoms with E-state index in [0.717, 1.165) is 40.1 Å². The first-order valence-corrected chi connectivity index (χ1v) is 9.51. The Kier molecular flexibility index (Phi) is 4.15. The molecule has 3 nitrogen and oxygen atoms in total. The molecule has 1 heterocycles. The van der Waals surface area contributed by atoms with Crippen LogP contribution >= 0.6 is 0 Å². The van der Waals surface area contributed by atoms with Crippen LogP contribution in [0.5, 0.6) is 0 Å². The van der Waals surface area contributed by atoms with E-state index in [1.807, 2.05) is 12.1 Å². The summed E-state index contributed by atoms with van der Waals surface area (Å²) in [4.78, 5) is 0. The summed E-state index contributed by atoms with van der Waals surface area (Å²) in [5.74, 6) is 1.45. The molecule has 0 bridgehead atoms. The first kappa shape index (κ1) is 17.9. The molecule has 0 radical (unpaired) electrons. The molecule has 27 heavy (non-hydrogen) atoms. The lowest BCUT2D eigenvalue weighted by molar-refractivity contribution is 0.0197. The highest BCUT2D eigenvalue weighted by Gasteiger charge is 2.28. The first-order valence-electron chi connectivity index (χ1n) is 9.51. The van der Waals surface area contributed by atoms with Crippen molar-refractivity contribution >= 4 is 22.7 Å². The number of hydrogen-bond donors (Lipinski definition) is 1. The number of nitrogen functional groups attached to an aromatic ring is 1. The smallest absolute Gasteiger partial charge is 0.143 e. The lowest BCUT2D eigenvalue weighted by Crippen LogP contribution is -2.21. The van der Waals surface area contributed by atoms with E-state index in [0.29, 0.717) is 5.92 Å². The van der Waals surface area contributed by atoms with E-state index in [9.17, 15) is 0 Å². The van der Waals surface area contributed by atoms with Gasteiger partial charge in [0.2, 0.25) is 0 Å². The Morgan fingerprint density at radius 2 is 1.96 bits per heavy atom. The number of benzene rings is 2. The lowest BCUT2D eigenvalue weighted by atomic mass is 9.85. The molecule has 3 heteroatoms. The van der Waals surface area contributed by atoms with Crippen LogP contribution < -0.4 is 5.73 Å². The topological polar surface area (TPSA) is 48.4 Å². The van der Waals surface area contributed by atoms with Crippen molar-refractivity contribution in [3.05, 3.63) is 58.9 Å². The maximum absolute atomic E-state index is 6.40. The second-order valence-electron chi connectivity index (χ2n) is 8.07. The number of allylic oxidation sites excluding steroid dienone is 1. The Bertz CT molecular complexity index is 1060. The van der Waals surface area contributed by atoms with Crippen molar-refractivity contribution in [1.82, 2.24) is 0 Å². The van der Waals surface area contributed by atoms with Gasteiger partial charge in [0.05, 0.1) is 5.60 Å². The highest BCUT2D eigenvalue weighted by molar-refractivity contribution is 5.99. The van der Waals surface area contributed by atoms with E-state index in [4.69, 9.17) is 14.9 Å². The van der Waals surface area contributed by atoms with Gasteiger partial charge >= 0.3 is 0 Å². The van der Waals surface area contributed by atoms with Gasteiger partial charge in [-0.25, -0.2) is 0 Å². The zero-order chi connectivity index (χ0) is 19.3. The molecule has 1 aliphatic rings. The van der Waals surface area contributed by atoms with Gasteiger partial charge in [0.1, 0.15) is 11.3 Å².